The van der Waals surface area contributed by atoms with Crippen LogP contribution in [0, 0.1) is 11.8 Å². The molecule has 2 aliphatic rings. The highest BCUT2D eigenvalue weighted by atomic mass is 35.5. The van der Waals surface area contributed by atoms with Gasteiger partial charge in [-0.2, -0.15) is 0 Å². The summed E-state index contributed by atoms with van der Waals surface area (Å²) in [6.07, 6.45) is 3.78. The number of methoxy groups -OCH3 is 1. The Morgan fingerprint density at radius 3 is 2.74 bits per heavy atom. The number of rotatable bonds is 5. The smallest absolute Gasteiger partial charge is 0.310 e. The second kappa shape index (κ2) is 7.18. The first-order valence-electron chi connectivity index (χ1n) is 8.28. The number of alkyl halides is 1. The van der Waals surface area contributed by atoms with E-state index in [2.05, 4.69) is 4.90 Å². The second-order valence-corrected chi connectivity index (χ2v) is 7.04. The number of piperidine rings is 1. The molecule has 0 aliphatic carbocycles. The van der Waals surface area contributed by atoms with Crippen molar-refractivity contribution in [3.05, 3.63) is 34.9 Å². The lowest BCUT2D eigenvalue weighted by Crippen LogP contribution is -2.52. The van der Waals surface area contributed by atoms with Crippen molar-refractivity contribution in [3.63, 3.8) is 0 Å². The van der Waals surface area contributed by atoms with Crippen LogP contribution in [0.15, 0.2) is 24.3 Å². The predicted molar refractivity (Wildman–Crippen MR) is 88.3 cm³/mol. The normalized spacial score (nSPS) is 30.4. The number of fused-ring (bicyclic) bond motifs is 2. The van der Waals surface area contributed by atoms with E-state index >= 15 is 0 Å². The molecule has 2 aliphatic heterocycles. The van der Waals surface area contributed by atoms with Crippen LogP contribution in [0.2, 0.25) is 5.02 Å². The SMILES string of the molecule is COC(=O)[C@@H]1C2CCC(C[C@@H]1Cc1ccc(Cl)cc1)N2CC[18F]. The molecule has 0 amide bonds. The molecular weight excluding hydrogens is 316 g/mol. The summed E-state index contributed by atoms with van der Waals surface area (Å²) >= 11 is 5.95. The van der Waals surface area contributed by atoms with Crippen LogP contribution in [-0.2, 0) is 16.0 Å². The molecule has 2 fully saturated rings. The van der Waals surface area contributed by atoms with Crippen LogP contribution >= 0.6 is 11.6 Å². The molecule has 1 aromatic carbocycles. The molecule has 0 spiro atoms. The van der Waals surface area contributed by atoms with Gasteiger partial charge in [0.05, 0.1) is 13.0 Å². The minimum atomic E-state index is -0.358. The highest BCUT2D eigenvalue weighted by Gasteiger charge is 2.50. The lowest BCUT2D eigenvalue weighted by Gasteiger charge is -2.43. The van der Waals surface area contributed by atoms with E-state index in [1.54, 1.807) is 0 Å². The summed E-state index contributed by atoms with van der Waals surface area (Å²) < 4.78 is 17.9. The number of benzene rings is 1. The Bertz CT molecular complexity index is 550. The predicted octanol–water partition coefficient (Wildman–Crippen LogP) is 3.49. The van der Waals surface area contributed by atoms with E-state index in [9.17, 15) is 9.18 Å². The minimum absolute atomic E-state index is 0.120. The zero-order chi connectivity index (χ0) is 16.4. The van der Waals surface area contributed by atoms with Gasteiger partial charge in [-0.1, -0.05) is 23.7 Å². The lowest BCUT2D eigenvalue weighted by atomic mass is 9.76. The number of carbonyl (C=O) groups is 1. The Labute approximate surface area is 141 Å². The van der Waals surface area contributed by atoms with Crippen LogP contribution in [-0.4, -0.2) is 43.3 Å². The van der Waals surface area contributed by atoms with Crippen LogP contribution in [0.25, 0.3) is 0 Å². The summed E-state index contributed by atoms with van der Waals surface area (Å²) in [7, 11) is 1.45. The number of halogens is 2. The van der Waals surface area contributed by atoms with Gasteiger partial charge in [0.25, 0.3) is 0 Å². The maximum atomic E-state index is 12.9. The van der Waals surface area contributed by atoms with Gasteiger partial charge in [0, 0.05) is 23.7 Å². The van der Waals surface area contributed by atoms with Gasteiger partial charge in [-0.05, 0) is 49.3 Å². The van der Waals surface area contributed by atoms with E-state index in [4.69, 9.17) is 16.3 Å². The summed E-state index contributed by atoms with van der Waals surface area (Å²) in [5.74, 6) is -0.0730. The molecule has 3 rings (SSSR count). The monoisotopic (exact) mass is 338 g/mol. The van der Waals surface area contributed by atoms with Crippen molar-refractivity contribution in [3.8, 4) is 0 Å². The van der Waals surface area contributed by atoms with Gasteiger partial charge in [-0.15, -0.1) is 0 Å². The summed E-state index contributed by atoms with van der Waals surface area (Å²) in [5.41, 5.74) is 1.19. The van der Waals surface area contributed by atoms with Crippen molar-refractivity contribution in [2.75, 3.05) is 20.3 Å². The van der Waals surface area contributed by atoms with E-state index in [1.807, 2.05) is 24.3 Å². The van der Waals surface area contributed by atoms with Crippen molar-refractivity contribution in [1.82, 2.24) is 4.90 Å². The maximum Gasteiger partial charge on any atom is 0.310 e. The zero-order valence-corrected chi connectivity index (χ0v) is 14.1. The van der Waals surface area contributed by atoms with Gasteiger partial charge in [-0.3, -0.25) is 9.69 Å². The molecule has 23 heavy (non-hydrogen) atoms. The number of esters is 1. The van der Waals surface area contributed by atoms with E-state index in [0.29, 0.717) is 12.6 Å². The van der Waals surface area contributed by atoms with Gasteiger partial charge < -0.3 is 4.74 Å². The Balaban J connectivity index is 1.81. The summed E-state index contributed by atoms with van der Waals surface area (Å²) in [5, 5.41) is 0.719. The quantitative estimate of drug-likeness (QED) is 0.770. The first-order valence-corrected chi connectivity index (χ1v) is 8.65. The zero-order valence-electron chi connectivity index (χ0n) is 13.4. The minimum Gasteiger partial charge on any atom is -0.469 e. The summed E-state index contributed by atoms with van der Waals surface area (Å²) in [6.45, 7) is 0.0687. The molecule has 1 aromatic rings. The lowest BCUT2D eigenvalue weighted by molar-refractivity contribution is -0.152. The number of carbonyl (C=O) groups excluding carboxylic acids is 1. The van der Waals surface area contributed by atoms with E-state index in [-0.39, 0.29) is 30.5 Å². The molecule has 126 valence electrons. The number of hydrogen-bond donors (Lipinski definition) is 0. The largest absolute Gasteiger partial charge is 0.469 e. The molecule has 0 aromatic heterocycles. The number of hydrogen-bond acceptors (Lipinski definition) is 3. The standard InChI is InChI=1S/C18H23ClFNO2/c1-23-18(22)17-13(10-12-2-4-14(19)5-3-12)11-15-6-7-16(17)21(15)9-8-20/h2-5,13,15-17H,6-11H2,1H3/t13-,15?,16?,17-/m0/s1/i20-1. The maximum absolute atomic E-state index is 12.9. The van der Waals surface area contributed by atoms with Gasteiger partial charge in [0.1, 0.15) is 6.67 Å². The molecule has 2 saturated heterocycles. The average molecular weight is 339 g/mol. The Kier molecular flexibility index (Phi) is 5.22. The van der Waals surface area contributed by atoms with Crippen LogP contribution in [0.4, 0.5) is 4.39 Å². The fourth-order valence-corrected chi connectivity index (χ4v) is 4.61. The molecule has 0 radical (unpaired) electrons. The first-order chi connectivity index (χ1) is 11.1. The van der Waals surface area contributed by atoms with Crippen molar-refractivity contribution in [2.45, 2.75) is 37.8 Å². The molecule has 5 heteroatoms. The number of nitrogens with zero attached hydrogens (tertiary/aromatic N) is 1. The van der Waals surface area contributed by atoms with Crippen molar-refractivity contribution in [2.24, 2.45) is 11.8 Å². The van der Waals surface area contributed by atoms with Gasteiger partial charge >= 0.3 is 5.97 Å². The number of ether oxygens (including phenoxy) is 1. The van der Waals surface area contributed by atoms with E-state index in [0.717, 1.165) is 30.7 Å². The third-order valence-corrected chi connectivity index (χ3v) is 5.67. The third-order valence-electron chi connectivity index (χ3n) is 5.42. The van der Waals surface area contributed by atoms with Gasteiger partial charge in [0.2, 0.25) is 0 Å². The fraction of sp³-hybridized carbons (Fsp3) is 0.611. The molecular formula is C18H23ClFNO2. The fourth-order valence-electron chi connectivity index (χ4n) is 4.48. The summed E-state index contributed by atoms with van der Waals surface area (Å²) in [4.78, 5) is 14.6. The van der Waals surface area contributed by atoms with Crippen LogP contribution in [0.5, 0.6) is 0 Å². The molecule has 0 saturated carbocycles. The van der Waals surface area contributed by atoms with Crippen LogP contribution in [0.3, 0.4) is 0 Å². The van der Waals surface area contributed by atoms with Crippen LogP contribution < -0.4 is 0 Å². The molecule has 3 nitrogen and oxygen atoms in total. The van der Waals surface area contributed by atoms with Gasteiger partial charge in [-0.25, -0.2) is 4.39 Å². The van der Waals surface area contributed by atoms with Crippen molar-refractivity contribution < 1.29 is 13.9 Å². The van der Waals surface area contributed by atoms with E-state index < -0.39 is 0 Å². The summed E-state index contributed by atoms with van der Waals surface area (Å²) in [6, 6.07) is 8.33. The highest BCUT2D eigenvalue weighted by Crippen LogP contribution is 2.44. The highest BCUT2D eigenvalue weighted by molar-refractivity contribution is 6.30. The molecule has 0 N–H and O–H groups in total. The Hall–Kier alpha value is -1.13. The Morgan fingerprint density at radius 1 is 1.35 bits per heavy atom. The Morgan fingerprint density at radius 2 is 2.09 bits per heavy atom. The molecule has 2 unspecified atom stereocenters. The van der Waals surface area contributed by atoms with Crippen molar-refractivity contribution >= 4 is 17.6 Å². The molecule has 4 atom stereocenters. The molecule has 2 heterocycles. The van der Waals surface area contributed by atoms with E-state index in [1.165, 1.54) is 12.7 Å². The molecule has 2 bridgehead atoms. The average Bonchev–Trinajstić information content (AvgIpc) is 2.82. The second-order valence-electron chi connectivity index (χ2n) is 6.60. The van der Waals surface area contributed by atoms with Crippen LogP contribution in [0.1, 0.15) is 24.8 Å². The van der Waals surface area contributed by atoms with Crippen molar-refractivity contribution in [1.29, 1.82) is 0 Å². The third kappa shape index (κ3) is 3.38. The first kappa shape index (κ1) is 16.7. The topological polar surface area (TPSA) is 29.5 Å². The van der Waals surface area contributed by atoms with Gasteiger partial charge in [0.15, 0.2) is 0 Å².